The molecule has 131 heavy (non-hydrogen) atoms. The van der Waals surface area contributed by atoms with Crippen LogP contribution in [0.3, 0.4) is 0 Å². The summed E-state index contributed by atoms with van der Waals surface area (Å²) in [5.74, 6) is -2.33. The van der Waals surface area contributed by atoms with Gasteiger partial charge < -0.3 is 48.0 Å². The van der Waals surface area contributed by atoms with Crippen molar-refractivity contribution in [1.29, 1.82) is 5.26 Å². The average Bonchev–Trinajstić information content (AvgIpc) is 0.713. The Hall–Kier alpha value is -11.1. The number of hydrogen-bond donors (Lipinski definition) is 8. The third kappa shape index (κ3) is 33.9. The topological polar surface area (TPSA) is 276 Å². The smallest absolute Gasteiger partial charge is 0.335 e. The number of amides is 6. The number of anilines is 5. The molecule has 0 atom stereocenters. The molecule has 0 fully saturated rings. The molecule has 0 heterocycles. The van der Waals surface area contributed by atoms with Crippen molar-refractivity contribution >= 4 is 69.8 Å². The Kier molecular flexibility index (Phi) is 67.1. The number of hydrogen-bond acceptors (Lipinski definition) is 9. The molecule has 10 N–H and O–H groups in total. The molecule has 6 amide bonds. The van der Waals surface area contributed by atoms with E-state index in [9.17, 15) is 33.6 Å². The number of primary amides is 1. The number of benzene rings is 10. The fraction of sp³-hybridized carbons (Fsp3) is 0.404. The van der Waals surface area contributed by atoms with Crippen LogP contribution in [0.25, 0.3) is 0 Å². The number of carboxylic acids is 1. The molecule has 10 rings (SSSR count). The predicted octanol–water partition coefficient (Wildman–Crippen LogP) is 31.0. The normalized spacial score (nSPS) is 9.21. The molecule has 0 aromatic heterocycles. The van der Waals surface area contributed by atoms with Crippen LogP contribution in [0.4, 0.5) is 28.4 Å². The van der Waals surface area contributed by atoms with Gasteiger partial charge in [-0.25, -0.2) is 4.79 Å². The molecular weight excluding hydrogens is 1700 g/mol. The zero-order chi connectivity index (χ0) is 88.0. The summed E-state index contributed by atoms with van der Waals surface area (Å²) in [5.41, 5.74) is 54.9. The van der Waals surface area contributed by atoms with E-state index < -0.39 is 11.9 Å². The van der Waals surface area contributed by atoms with Crippen molar-refractivity contribution in [2.75, 3.05) is 34.0 Å². The number of nitrogen functional groups attached to an aromatic ring is 1. The van der Waals surface area contributed by atoms with Crippen LogP contribution < -0.4 is 38.1 Å². The number of nitrogens with one attached hydrogen (secondary N) is 5. The minimum absolute atomic E-state index is 0. The number of nitrogens with two attached hydrogens (primary N) is 2. The van der Waals surface area contributed by atoms with E-state index in [1.807, 2.05) is 106 Å². The first-order chi connectivity index (χ1) is 54.0. The van der Waals surface area contributed by atoms with Crippen molar-refractivity contribution in [3.05, 3.63) is 314 Å². The van der Waals surface area contributed by atoms with E-state index in [1.165, 1.54) is 94.6 Å². The number of carbonyl (C=O) groups is 7. The molecule has 0 saturated heterocycles. The van der Waals surface area contributed by atoms with Crippen LogP contribution in [0.1, 0.15) is 355 Å². The van der Waals surface area contributed by atoms with Crippen LogP contribution in [-0.4, -0.2) is 53.6 Å². The van der Waals surface area contributed by atoms with Gasteiger partial charge in [0.25, 0.3) is 17.7 Å². The largest absolute Gasteiger partial charge is 0.478 e. The zero-order valence-corrected chi connectivity index (χ0v) is 78.0. The molecular formula is C114H177N8O8Y-. The minimum atomic E-state index is -0.855. The van der Waals surface area contributed by atoms with Gasteiger partial charge in [-0.3, -0.25) is 24.0 Å². The molecule has 16 nitrogen and oxygen atoms in total. The number of rotatable bonds is 11. The van der Waals surface area contributed by atoms with Crippen molar-refractivity contribution in [2.24, 2.45) is 5.73 Å². The van der Waals surface area contributed by atoms with Crippen LogP contribution in [0.15, 0.2) is 91.0 Å². The first-order valence-electron chi connectivity index (χ1n) is 38.9. The van der Waals surface area contributed by atoms with Crippen molar-refractivity contribution < 1.29 is 71.4 Å². The van der Waals surface area contributed by atoms with Crippen molar-refractivity contribution in [3.8, 4) is 6.07 Å². The maximum absolute atomic E-state index is 12.8. The number of nitriles is 1. The fourth-order valence-corrected chi connectivity index (χ4v) is 13.8. The van der Waals surface area contributed by atoms with Gasteiger partial charge in [0.1, 0.15) is 0 Å². The maximum atomic E-state index is 12.8. The third-order valence-electron chi connectivity index (χ3n) is 24.2. The second-order valence-corrected chi connectivity index (χ2v) is 30.9. The minimum Gasteiger partial charge on any atom is -0.478 e. The van der Waals surface area contributed by atoms with Gasteiger partial charge in [0.2, 0.25) is 11.8 Å². The number of carbonyl (C=O) groups excluding carboxylic acids is 6. The van der Waals surface area contributed by atoms with E-state index in [0.29, 0.717) is 38.9 Å². The fourth-order valence-electron chi connectivity index (χ4n) is 13.8. The summed E-state index contributed by atoms with van der Waals surface area (Å²) < 4.78 is 0. The summed E-state index contributed by atoms with van der Waals surface area (Å²) in [7, 11) is 1.56. The van der Waals surface area contributed by atoms with E-state index in [2.05, 4.69) is 170 Å². The van der Waals surface area contributed by atoms with E-state index in [-0.39, 0.29) is 166 Å². The second kappa shape index (κ2) is 61.5. The Morgan fingerprint density at radius 1 is 0.298 bits per heavy atom. The van der Waals surface area contributed by atoms with Gasteiger partial charge in [-0.1, -0.05) is 157 Å². The van der Waals surface area contributed by atoms with Crippen LogP contribution in [-0.2, 0) is 32.7 Å². The van der Waals surface area contributed by atoms with Gasteiger partial charge in [-0.15, -0.1) is 24.3 Å². The molecule has 0 aliphatic rings. The molecule has 10 aromatic rings. The summed E-state index contributed by atoms with van der Waals surface area (Å²) in [5, 5.41) is 32.5. The molecule has 10 aromatic carbocycles. The number of carboxylic acid groups (broad SMARTS) is 1. The van der Waals surface area contributed by atoms with E-state index in [4.69, 9.17) is 21.8 Å². The molecule has 0 aliphatic heterocycles. The molecule has 0 spiro atoms. The van der Waals surface area contributed by atoms with Crippen molar-refractivity contribution in [3.63, 3.8) is 0 Å². The Labute approximate surface area is 824 Å². The summed E-state index contributed by atoms with van der Waals surface area (Å²) in [4.78, 5) is 84.4. The monoisotopic (exact) mass is 1880 g/mol. The molecule has 17 heteroatoms. The van der Waals surface area contributed by atoms with Crippen LogP contribution in [0, 0.1) is 232 Å². The third-order valence-corrected chi connectivity index (χ3v) is 24.2. The molecule has 0 aliphatic carbocycles. The number of aryl methyl sites for hydroxylation is 6. The Bertz CT molecular complexity index is 5400. The number of nitrogens with zero attached hydrogens (tertiary/aromatic N) is 1. The standard InChI is InChI=1S/C20H24N2O2.C20H23N2O2.C20H22N2O.C20H25NO.C11H17N.C9H10O2.14CH4.Y/c1-10-7-8-16(19(21)23)9-17(10)20(24)22-18-14(5)12(3)11(2)13(4)15(18)6;1-11-12(2)14(4)18(15(5)13(11)3)22-20(24)17-9-7-8-16(10-17)19(23)21-6;1-11-7-8-17(10-21)9-18(11)20(23)22-19-15(5)13(3)12(2)14(4)16(19)6;1-11-8-9-12(2)18(10-11)20(22)21-19-16(6)14(4)13(3)15(5)17(19)7;1-6-7(2)9(4)11(12)10(5)8(6)3;1-6-3-4-7(2)8(5-6)9(10)11;;;;;;;;;;;;;;;/h7-9H,1-6H3,(H2,21,23)(H,22,24);7-8,10H,1-6H3,(H,21,23)(H,22,24);7-9H,1-6H3,(H,22,23);8-10H,1-7H3,(H,21,22);12H2,1-5H3;3-5H,1-2H3,(H,10,11);14*1H4;/q;-1;;;;;;;;;;;;;;;;;;;. The van der Waals surface area contributed by atoms with Crippen LogP contribution in [0.5, 0.6) is 0 Å². The molecule has 0 bridgehead atoms. The first kappa shape index (κ1) is 143. The van der Waals surface area contributed by atoms with Gasteiger partial charge in [0, 0.05) is 90.4 Å². The molecule has 1 radical (unpaired) electrons. The quantitative estimate of drug-likeness (QED) is 0.0448. The molecule has 725 valence electrons. The Balaban J connectivity index is -0.000000146. The zero-order valence-electron chi connectivity index (χ0n) is 75.1. The average molecular weight is 1880 g/mol. The molecule has 0 unspecified atom stereocenters. The van der Waals surface area contributed by atoms with Crippen molar-refractivity contribution in [2.45, 2.75) is 319 Å². The van der Waals surface area contributed by atoms with Crippen LogP contribution >= 0.6 is 0 Å². The van der Waals surface area contributed by atoms with Gasteiger partial charge in [-0.05, 0) is 418 Å². The summed E-state index contributed by atoms with van der Waals surface area (Å²) in [6, 6.07) is 31.2. The summed E-state index contributed by atoms with van der Waals surface area (Å²) in [6.07, 6.45) is 0. The van der Waals surface area contributed by atoms with Crippen LogP contribution in [0.2, 0.25) is 0 Å². The first-order valence-corrected chi connectivity index (χ1v) is 38.9. The Morgan fingerprint density at radius 3 is 0.817 bits per heavy atom. The van der Waals surface area contributed by atoms with E-state index in [0.717, 1.165) is 112 Å². The van der Waals surface area contributed by atoms with Crippen molar-refractivity contribution in [1.82, 2.24) is 5.32 Å². The van der Waals surface area contributed by atoms with E-state index in [1.54, 1.807) is 74.6 Å². The SMILES string of the molecule is C.C.C.C.C.C.C.C.C.C.C.C.C.C.CNC(=O)c1cc[c-]c(C(=O)Nc2c(C)c(C)c(C)c(C)c2C)c1.Cc1c(C)c(C)c(N)c(C)c1C.Cc1ccc(C#N)cc1C(=O)Nc1c(C)c(C)c(C)c(C)c1C.Cc1ccc(C(N)=O)cc1C(=O)Nc1c(C)c(C)c(C)c(C)c1C.Cc1ccc(C)c(C(=O)Nc2c(C)c(C)c(C)c(C)c2C)c1.Cc1ccc(C)c(C(=O)O)c1.[Y]. The summed E-state index contributed by atoms with van der Waals surface area (Å²) >= 11 is 0. The maximum Gasteiger partial charge on any atom is 0.335 e. The Morgan fingerprint density at radius 2 is 0.542 bits per heavy atom. The molecule has 0 saturated carbocycles. The summed E-state index contributed by atoms with van der Waals surface area (Å²) in [6.45, 7) is 63.3. The second-order valence-electron chi connectivity index (χ2n) is 30.9. The predicted molar refractivity (Wildman–Crippen MR) is 574 cm³/mol. The number of aromatic carboxylic acids is 1. The van der Waals surface area contributed by atoms with Gasteiger partial charge >= 0.3 is 5.97 Å². The van der Waals surface area contributed by atoms with Gasteiger partial charge in [0.15, 0.2) is 5.91 Å². The van der Waals surface area contributed by atoms with Gasteiger partial charge in [0.05, 0.1) is 17.2 Å². The van der Waals surface area contributed by atoms with Gasteiger partial charge in [-0.2, -0.15) is 5.26 Å². The van der Waals surface area contributed by atoms with E-state index >= 15 is 0 Å².